The monoisotopic (exact) mass is 768 g/mol. The molecule has 5 atom stereocenters. The van der Waals surface area contributed by atoms with Crippen molar-refractivity contribution in [2.45, 2.75) is 101 Å². The molecule has 3 aromatic carbocycles. The van der Waals surface area contributed by atoms with Gasteiger partial charge < -0.3 is 29.3 Å². The molecule has 12 nitrogen and oxygen atoms in total. The third kappa shape index (κ3) is 6.95. The zero-order chi connectivity index (χ0) is 39.1. The second-order valence-corrected chi connectivity index (χ2v) is 20.8. The first-order valence-electron chi connectivity index (χ1n) is 19.6. The SMILES string of the molecule is COc1ccc([Si](C)(C)[C@H]2[C@H](CC(=O)N3CCC[C@H]3CO)O[C@@]3(C(=O)N(Cc4cccc(N5CCCCCCC5=O)c4)c4ccc([N+](=O)[O-])cc43)[C@@H]2C)cc1. The Morgan fingerprint density at radius 3 is 2.51 bits per heavy atom. The summed E-state index contributed by atoms with van der Waals surface area (Å²) >= 11 is 0. The number of nitro benzene ring substituents is 1. The van der Waals surface area contributed by atoms with Crippen LogP contribution in [0, 0.1) is 16.0 Å². The van der Waals surface area contributed by atoms with Crippen molar-refractivity contribution in [2.75, 3.05) is 36.6 Å². The summed E-state index contributed by atoms with van der Waals surface area (Å²) in [6.07, 6.45) is 5.27. The van der Waals surface area contributed by atoms with Gasteiger partial charge in [-0.3, -0.25) is 24.5 Å². The van der Waals surface area contributed by atoms with Crippen molar-refractivity contribution in [2.24, 2.45) is 5.92 Å². The van der Waals surface area contributed by atoms with Crippen LogP contribution in [-0.2, 0) is 31.3 Å². The first-order chi connectivity index (χ1) is 26.4. The number of aliphatic hydroxyl groups is 1. The smallest absolute Gasteiger partial charge is 0.269 e. The molecule has 13 heteroatoms. The van der Waals surface area contributed by atoms with Gasteiger partial charge in [-0.15, -0.1) is 0 Å². The lowest BCUT2D eigenvalue weighted by atomic mass is 9.82. The van der Waals surface area contributed by atoms with Crippen molar-refractivity contribution < 1.29 is 33.9 Å². The van der Waals surface area contributed by atoms with E-state index in [4.69, 9.17) is 9.47 Å². The van der Waals surface area contributed by atoms with Crippen LogP contribution in [0.15, 0.2) is 66.7 Å². The van der Waals surface area contributed by atoms with Crippen molar-refractivity contribution in [3.63, 3.8) is 0 Å². The average molecular weight is 769 g/mol. The first-order valence-corrected chi connectivity index (χ1v) is 22.7. The molecular weight excluding hydrogens is 717 g/mol. The first kappa shape index (κ1) is 38.7. The van der Waals surface area contributed by atoms with Crippen LogP contribution in [0.25, 0.3) is 0 Å². The number of aliphatic hydroxyl groups excluding tert-OH is 1. The number of fused-ring (bicyclic) bond motifs is 2. The Labute approximate surface area is 323 Å². The summed E-state index contributed by atoms with van der Waals surface area (Å²) in [5.74, 6) is -0.110. The van der Waals surface area contributed by atoms with Crippen LogP contribution in [0.3, 0.4) is 0 Å². The maximum absolute atomic E-state index is 15.3. The minimum atomic E-state index is -2.60. The summed E-state index contributed by atoms with van der Waals surface area (Å²) < 4.78 is 12.6. The van der Waals surface area contributed by atoms with Gasteiger partial charge in [-0.1, -0.05) is 62.3 Å². The van der Waals surface area contributed by atoms with E-state index >= 15 is 4.79 Å². The number of ether oxygens (including phenoxy) is 2. The quantitative estimate of drug-likeness (QED) is 0.150. The number of carbonyl (C=O) groups excluding carboxylic acids is 3. The summed E-state index contributed by atoms with van der Waals surface area (Å²) in [6.45, 7) is 7.68. The Kier molecular flexibility index (Phi) is 10.9. The minimum absolute atomic E-state index is 0.0172. The predicted molar refractivity (Wildman–Crippen MR) is 212 cm³/mol. The van der Waals surface area contributed by atoms with E-state index in [1.54, 1.807) is 23.0 Å². The fraction of sp³-hybridized carbons (Fsp3) is 0.500. The molecular formula is C42H52N4O8Si. The molecule has 3 amide bonds. The van der Waals surface area contributed by atoms with E-state index in [1.165, 1.54) is 12.1 Å². The van der Waals surface area contributed by atoms with E-state index in [1.807, 2.05) is 48.2 Å². The van der Waals surface area contributed by atoms with Gasteiger partial charge in [-0.2, -0.15) is 0 Å². The van der Waals surface area contributed by atoms with Crippen LogP contribution in [0.4, 0.5) is 17.1 Å². The second kappa shape index (κ2) is 15.5. The van der Waals surface area contributed by atoms with E-state index in [0.717, 1.165) is 60.7 Å². The highest BCUT2D eigenvalue weighted by atomic mass is 28.3. The van der Waals surface area contributed by atoms with E-state index in [2.05, 4.69) is 25.2 Å². The molecule has 3 saturated heterocycles. The number of anilines is 2. The number of non-ortho nitro benzene ring substituents is 1. The molecule has 4 aliphatic rings. The molecule has 4 aliphatic heterocycles. The standard InChI is InChI=1S/C42H52N4O8Si/c1-28-40(55(3,4)34-18-16-33(53-2)17-19-34)37(25-39(49)44-22-10-13-32(44)27-47)54-42(28)35-24-31(46(51)52)15-20-36(35)45(41(42)50)26-29-11-9-12-30(23-29)43-21-8-6-5-7-14-38(43)48/h9,11-12,15-20,23-24,28,32,37,40,47H,5-8,10,13-14,21-22,25-27H2,1-4H3/t28-,32+,37+,40-,42+/m1/s1. The number of amides is 3. The fourth-order valence-corrected chi connectivity index (χ4v) is 13.9. The molecule has 292 valence electrons. The molecule has 7 rings (SSSR count). The van der Waals surface area contributed by atoms with Crippen molar-refractivity contribution >= 4 is 48.0 Å². The topological polar surface area (TPSA) is 143 Å². The van der Waals surface area contributed by atoms with Crippen LogP contribution < -0.4 is 19.7 Å². The van der Waals surface area contributed by atoms with Crippen molar-refractivity contribution in [3.8, 4) is 5.75 Å². The third-order valence-electron chi connectivity index (χ3n) is 12.7. The fourth-order valence-electron chi connectivity index (χ4n) is 9.85. The van der Waals surface area contributed by atoms with Crippen molar-refractivity contribution in [1.82, 2.24) is 4.90 Å². The summed E-state index contributed by atoms with van der Waals surface area (Å²) in [5, 5.41) is 23.4. The highest BCUT2D eigenvalue weighted by molar-refractivity contribution is 6.91. The molecule has 0 radical (unpaired) electrons. The molecule has 0 aromatic heterocycles. The molecule has 0 saturated carbocycles. The molecule has 4 heterocycles. The van der Waals surface area contributed by atoms with Crippen molar-refractivity contribution in [3.05, 3.63) is 88.0 Å². The number of benzene rings is 3. The Balaban J connectivity index is 1.30. The lowest BCUT2D eigenvalue weighted by Crippen LogP contribution is -2.52. The lowest BCUT2D eigenvalue weighted by molar-refractivity contribution is -0.385. The number of rotatable bonds is 10. The van der Waals surface area contributed by atoms with Crippen LogP contribution in [0.1, 0.15) is 69.4 Å². The number of hydrogen-bond donors (Lipinski definition) is 1. The van der Waals surface area contributed by atoms with Crippen LogP contribution >= 0.6 is 0 Å². The number of nitrogens with zero attached hydrogens (tertiary/aromatic N) is 4. The zero-order valence-corrected chi connectivity index (χ0v) is 33.2. The van der Waals surface area contributed by atoms with E-state index in [-0.39, 0.29) is 54.6 Å². The van der Waals surface area contributed by atoms with E-state index in [9.17, 15) is 24.8 Å². The maximum atomic E-state index is 15.3. The van der Waals surface area contributed by atoms with Gasteiger partial charge in [0.2, 0.25) is 11.8 Å². The molecule has 3 aromatic rings. The largest absolute Gasteiger partial charge is 0.497 e. The number of carbonyl (C=O) groups is 3. The second-order valence-electron chi connectivity index (χ2n) is 16.2. The van der Waals surface area contributed by atoms with Gasteiger partial charge in [0.1, 0.15) is 5.75 Å². The molecule has 0 aliphatic carbocycles. The highest BCUT2D eigenvalue weighted by Crippen LogP contribution is 2.60. The number of nitro groups is 1. The molecule has 1 spiro atoms. The number of likely N-dealkylation sites (tertiary alicyclic amines) is 1. The molecule has 55 heavy (non-hydrogen) atoms. The lowest BCUT2D eigenvalue weighted by Gasteiger charge is -2.37. The van der Waals surface area contributed by atoms with Crippen molar-refractivity contribution in [1.29, 1.82) is 0 Å². The van der Waals surface area contributed by atoms with Gasteiger partial charge in [0.15, 0.2) is 5.60 Å². The van der Waals surface area contributed by atoms with Gasteiger partial charge >= 0.3 is 0 Å². The summed E-state index contributed by atoms with van der Waals surface area (Å²) in [5.41, 5.74) is 0.574. The maximum Gasteiger partial charge on any atom is 0.269 e. The molecule has 1 N–H and O–H groups in total. The predicted octanol–water partition coefficient (Wildman–Crippen LogP) is 6.04. The van der Waals surface area contributed by atoms with Gasteiger partial charge in [0, 0.05) is 48.8 Å². The Morgan fingerprint density at radius 2 is 1.78 bits per heavy atom. The van der Waals surface area contributed by atoms with Crippen LogP contribution in [0.5, 0.6) is 5.75 Å². The summed E-state index contributed by atoms with van der Waals surface area (Å²) in [4.78, 5) is 59.6. The summed E-state index contributed by atoms with van der Waals surface area (Å²) in [7, 11) is -0.981. The Morgan fingerprint density at radius 1 is 1.02 bits per heavy atom. The minimum Gasteiger partial charge on any atom is -0.497 e. The number of methoxy groups -OCH3 is 1. The molecule has 0 bridgehead atoms. The number of hydrogen-bond acceptors (Lipinski definition) is 8. The van der Waals surface area contributed by atoms with E-state index in [0.29, 0.717) is 30.8 Å². The normalized spacial score (nSPS) is 25.7. The van der Waals surface area contributed by atoms with Crippen LogP contribution in [0.2, 0.25) is 18.6 Å². The molecule has 0 unspecified atom stereocenters. The Hall–Kier alpha value is -4.59. The third-order valence-corrected chi connectivity index (χ3v) is 17.1. The molecule has 3 fully saturated rings. The van der Waals surface area contributed by atoms with Gasteiger partial charge in [-0.25, -0.2) is 0 Å². The van der Waals surface area contributed by atoms with Gasteiger partial charge in [0.25, 0.3) is 11.6 Å². The zero-order valence-electron chi connectivity index (χ0n) is 32.2. The average Bonchev–Trinajstić information content (AvgIpc) is 3.83. The van der Waals surface area contributed by atoms with Crippen LogP contribution in [-0.4, -0.2) is 79.7 Å². The van der Waals surface area contributed by atoms with Gasteiger partial charge in [0.05, 0.1) is 57.5 Å². The van der Waals surface area contributed by atoms with Gasteiger partial charge in [-0.05, 0) is 67.1 Å². The summed E-state index contributed by atoms with van der Waals surface area (Å²) in [6, 6.07) is 19.9. The Bertz CT molecular complexity index is 1960. The highest BCUT2D eigenvalue weighted by Gasteiger charge is 2.67. The van der Waals surface area contributed by atoms with E-state index < -0.39 is 30.6 Å².